The second kappa shape index (κ2) is 5.91. The maximum Gasteiger partial charge on any atom is 0.228 e. The molecular formula is C17H22FN3O2. The van der Waals surface area contributed by atoms with E-state index in [0.29, 0.717) is 18.8 Å². The summed E-state index contributed by atoms with van der Waals surface area (Å²) in [6.45, 7) is 6.78. The molecule has 1 aromatic heterocycles. The van der Waals surface area contributed by atoms with E-state index in [2.05, 4.69) is 4.98 Å². The number of halogens is 1. The van der Waals surface area contributed by atoms with Gasteiger partial charge >= 0.3 is 0 Å². The number of rotatable bonds is 3. The van der Waals surface area contributed by atoms with Gasteiger partial charge in [-0.1, -0.05) is 13.8 Å². The van der Waals surface area contributed by atoms with Crippen molar-refractivity contribution in [2.24, 2.45) is 11.3 Å². The molecule has 2 amide bonds. The van der Waals surface area contributed by atoms with E-state index < -0.39 is 5.82 Å². The Bertz CT molecular complexity index is 609. The van der Waals surface area contributed by atoms with Gasteiger partial charge in [-0.25, -0.2) is 4.39 Å². The van der Waals surface area contributed by atoms with E-state index in [0.717, 1.165) is 25.7 Å². The summed E-state index contributed by atoms with van der Waals surface area (Å²) < 4.78 is 12.8. The summed E-state index contributed by atoms with van der Waals surface area (Å²) in [5.74, 6) is -0.164. The molecule has 0 radical (unpaired) electrons. The third-order valence-corrected chi connectivity index (χ3v) is 4.77. The van der Waals surface area contributed by atoms with Crippen LogP contribution in [0.2, 0.25) is 0 Å². The van der Waals surface area contributed by atoms with Gasteiger partial charge in [-0.15, -0.1) is 0 Å². The number of hydrogen-bond acceptors (Lipinski definition) is 3. The van der Waals surface area contributed by atoms with Gasteiger partial charge in [0.25, 0.3) is 0 Å². The number of carbonyl (C=O) groups excluding carboxylic acids is 2. The van der Waals surface area contributed by atoms with Gasteiger partial charge in [-0.05, 0) is 18.6 Å². The smallest absolute Gasteiger partial charge is 0.228 e. The molecule has 2 saturated heterocycles. The van der Waals surface area contributed by atoms with Crippen LogP contribution in [0.5, 0.6) is 0 Å². The number of likely N-dealkylation sites (tertiary alicyclic amines) is 2. The molecule has 23 heavy (non-hydrogen) atoms. The highest BCUT2D eigenvalue weighted by molar-refractivity contribution is 5.80. The maximum absolute atomic E-state index is 12.8. The van der Waals surface area contributed by atoms with Crippen LogP contribution in [0.15, 0.2) is 18.3 Å². The summed E-state index contributed by atoms with van der Waals surface area (Å²) >= 11 is 0. The molecule has 5 nitrogen and oxygen atoms in total. The Morgan fingerprint density at radius 2 is 1.96 bits per heavy atom. The highest BCUT2D eigenvalue weighted by atomic mass is 19.1. The zero-order chi connectivity index (χ0) is 16.6. The van der Waals surface area contributed by atoms with Crippen LogP contribution in [0.25, 0.3) is 0 Å². The van der Waals surface area contributed by atoms with E-state index in [1.165, 1.54) is 6.07 Å². The Hall–Kier alpha value is -1.98. The second-order valence-electron chi connectivity index (χ2n) is 7.06. The summed E-state index contributed by atoms with van der Waals surface area (Å²) in [7, 11) is 0. The number of aromatic nitrogens is 1. The Morgan fingerprint density at radius 1 is 1.26 bits per heavy atom. The number of pyridine rings is 1. The van der Waals surface area contributed by atoms with Crippen LogP contribution in [-0.4, -0.2) is 52.8 Å². The SMILES string of the molecule is CC(C)C(=O)N1CCC2(CN(C(=O)Cc3ccc(F)cn3)C2)C1. The van der Waals surface area contributed by atoms with Gasteiger partial charge in [0.1, 0.15) is 5.82 Å². The van der Waals surface area contributed by atoms with Crippen LogP contribution >= 0.6 is 0 Å². The Kier molecular flexibility index (Phi) is 4.08. The minimum absolute atomic E-state index is 0.0170. The number of hydrogen-bond donors (Lipinski definition) is 0. The summed E-state index contributed by atoms with van der Waals surface area (Å²) in [5.41, 5.74) is 0.663. The second-order valence-corrected chi connectivity index (χ2v) is 7.06. The van der Waals surface area contributed by atoms with Crippen molar-refractivity contribution in [2.45, 2.75) is 26.7 Å². The Labute approximate surface area is 135 Å². The van der Waals surface area contributed by atoms with Crippen LogP contribution in [0.3, 0.4) is 0 Å². The summed E-state index contributed by atoms with van der Waals surface area (Å²) in [5, 5.41) is 0. The van der Waals surface area contributed by atoms with Gasteiger partial charge in [-0.2, -0.15) is 0 Å². The molecule has 3 heterocycles. The zero-order valence-corrected chi connectivity index (χ0v) is 13.6. The summed E-state index contributed by atoms with van der Waals surface area (Å²) in [6, 6.07) is 2.86. The summed E-state index contributed by atoms with van der Waals surface area (Å²) in [4.78, 5) is 32.0. The standard InChI is InChI=1S/C17H22FN3O2/c1-12(2)16(23)20-6-5-17(9-20)10-21(11-17)15(22)7-14-4-3-13(18)8-19-14/h3-4,8,12H,5-7,9-11H2,1-2H3. The van der Waals surface area contributed by atoms with Gasteiger partial charge in [0.15, 0.2) is 0 Å². The third kappa shape index (κ3) is 3.21. The molecule has 1 aromatic rings. The van der Waals surface area contributed by atoms with Gasteiger partial charge < -0.3 is 9.80 Å². The van der Waals surface area contributed by atoms with Crippen molar-refractivity contribution in [1.29, 1.82) is 0 Å². The molecule has 0 aromatic carbocycles. The van der Waals surface area contributed by atoms with E-state index in [4.69, 9.17) is 0 Å². The minimum Gasteiger partial charge on any atom is -0.342 e. The topological polar surface area (TPSA) is 53.5 Å². The number of carbonyl (C=O) groups is 2. The fourth-order valence-electron chi connectivity index (χ4n) is 3.46. The van der Waals surface area contributed by atoms with Crippen molar-refractivity contribution >= 4 is 11.8 Å². The van der Waals surface area contributed by atoms with Crippen molar-refractivity contribution < 1.29 is 14.0 Å². The Balaban J connectivity index is 1.52. The fraction of sp³-hybridized carbons (Fsp3) is 0.588. The first-order valence-electron chi connectivity index (χ1n) is 8.06. The highest BCUT2D eigenvalue weighted by Gasteiger charge is 2.50. The first-order chi connectivity index (χ1) is 10.9. The van der Waals surface area contributed by atoms with E-state index in [1.54, 1.807) is 6.07 Å². The Morgan fingerprint density at radius 3 is 2.57 bits per heavy atom. The first kappa shape index (κ1) is 15.9. The molecule has 0 saturated carbocycles. The van der Waals surface area contributed by atoms with Crippen molar-refractivity contribution in [3.63, 3.8) is 0 Å². The van der Waals surface area contributed by atoms with Crippen molar-refractivity contribution in [1.82, 2.24) is 14.8 Å². The van der Waals surface area contributed by atoms with Gasteiger partial charge in [0, 0.05) is 43.2 Å². The predicted molar refractivity (Wildman–Crippen MR) is 82.9 cm³/mol. The molecule has 1 spiro atoms. The molecule has 2 aliphatic rings. The molecule has 0 unspecified atom stereocenters. The highest BCUT2D eigenvalue weighted by Crippen LogP contribution is 2.40. The summed E-state index contributed by atoms with van der Waals surface area (Å²) in [6.07, 6.45) is 2.29. The molecular weight excluding hydrogens is 297 g/mol. The zero-order valence-electron chi connectivity index (χ0n) is 13.6. The van der Waals surface area contributed by atoms with E-state index in [9.17, 15) is 14.0 Å². The van der Waals surface area contributed by atoms with Crippen molar-refractivity contribution in [3.05, 3.63) is 29.8 Å². The van der Waals surface area contributed by atoms with Crippen LogP contribution in [-0.2, 0) is 16.0 Å². The lowest BCUT2D eigenvalue weighted by Crippen LogP contribution is -2.60. The largest absolute Gasteiger partial charge is 0.342 e. The molecule has 6 heteroatoms. The van der Waals surface area contributed by atoms with E-state index in [-0.39, 0.29) is 29.6 Å². The van der Waals surface area contributed by atoms with Crippen LogP contribution in [0.1, 0.15) is 26.0 Å². The molecule has 0 atom stereocenters. The third-order valence-electron chi connectivity index (χ3n) is 4.77. The van der Waals surface area contributed by atoms with E-state index in [1.807, 2.05) is 23.6 Å². The average molecular weight is 319 g/mol. The monoisotopic (exact) mass is 319 g/mol. The van der Waals surface area contributed by atoms with E-state index >= 15 is 0 Å². The molecule has 0 aliphatic carbocycles. The van der Waals surface area contributed by atoms with Crippen LogP contribution in [0, 0.1) is 17.2 Å². The van der Waals surface area contributed by atoms with Gasteiger partial charge in [0.2, 0.25) is 11.8 Å². The first-order valence-corrected chi connectivity index (χ1v) is 8.06. The minimum atomic E-state index is -0.398. The number of nitrogens with zero attached hydrogens (tertiary/aromatic N) is 3. The molecule has 2 aliphatic heterocycles. The maximum atomic E-state index is 12.8. The van der Waals surface area contributed by atoms with Gasteiger partial charge in [0.05, 0.1) is 12.6 Å². The molecule has 0 N–H and O–H groups in total. The normalized spacial score (nSPS) is 19.3. The molecule has 3 rings (SSSR count). The molecule has 124 valence electrons. The lowest BCUT2D eigenvalue weighted by Gasteiger charge is -2.48. The van der Waals surface area contributed by atoms with Gasteiger partial charge in [-0.3, -0.25) is 14.6 Å². The molecule has 2 fully saturated rings. The fourth-order valence-corrected chi connectivity index (χ4v) is 3.46. The lowest BCUT2D eigenvalue weighted by molar-refractivity contribution is -0.143. The average Bonchev–Trinajstić information content (AvgIpc) is 2.92. The van der Waals surface area contributed by atoms with Crippen LogP contribution in [0.4, 0.5) is 4.39 Å². The molecule has 0 bridgehead atoms. The number of amides is 2. The quantitative estimate of drug-likeness (QED) is 0.848. The van der Waals surface area contributed by atoms with Crippen molar-refractivity contribution in [3.8, 4) is 0 Å². The van der Waals surface area contributed by atoms with Crippen LogP contribution < -0.4 is 0 Å². The predicted octanol–water partition coefficient (Wildman–Crippen LogP) is 1.48. The van der Waals surface area contributed by atoms with Crippen molar-refractivity contribution in [2.75, 3.05) is 26.2 Å². The lowest BCUT2D eigenvalue weighted by atomic mass is 9.79.